The van der Waals surface area contributed by atoms with Gasteiger partial charge in [-0.25, -0.2) is 4.79 Å². The van der Waals surface area contributed by atoms with Crippen LogP contribution >= 0.6 is 11.6 Å². The molecule has 0 radical (unpaired) electrons. The van der Waals surface area contributed by atoms with Crippen molar-refractivity contribution in [3.05, 3.63) is 45.5 Å². The molecular weight excluding hydrogens is 374 g/mol. The number of nitrogens with one attached hydrogen (secondary N) is 1. The third kappa shape index (κ3) is 3.88. The van der Waals surface area contributed by atoms with Crippen LogP contribution in [0.25, 0.3) is 11.1 Å². The summed E-state index contributed by atoms with van der Waals surface area (Å²) in [5, 5.41) is 7.02. The molecule has 0 aliphatic carbocycles. The van der Waals surface area contributed by atoms with Crippen molar-refractivity contribution in [3.8, 4) is 0 Å². The fraction of sp³-hybridized carbons (Fsp3) is 0.412. The smallest absolute Gasteiger partial charge is 0.408 e. The molecule has 10 heteroatoms. The fourth-order valence-electron chi connectivity index (χ4n) is 3.15. The van der Waals surface area contributed by atoms with Gasteiger partial charge in [0.1, 0.15) is 0 Å². The van der Waals surface area contributed by atoms with Crippen LogP contribution in [0, 0.1) is 0 Å². The van der Waals surface area contributed by atoms with Gasteiger partial charge in [0.15, 0.2) is 11.4 Å². The molecule has 0 bridgehead atoms. The van der Waals surface area contributed by atoms with Gasteiger partial charge in [-0.2, -0.15) is 4.98 Å². The maximum Gasteiger partial charge on any atom is 0.420 e. The first kappa shape index (κ1) is 17.7. The van der Waals surface area contributed by atoms with Gasteiger partial charge in [0, 0.05) is 18.1 Å². The summed E-state index contributed by atoms with van der Waals surface area (Å²) in [6.45, 7) is 3.46. The molecule has 0 saturated carbocycles. The third-order valence-electron chi connectivity index (χ3n) is 4.50. The number of carbonyl (C=O) groups is 1. The van der Waals surface area contributed by atoms with E-state index >= 15 is 0 Å². The number of carbonyl (C=O) groups excluding carboxylic acids is 1. The zero-order valence-electron chi connectivity index (χ0n) is 14.5. The van der Waals surface area contributed by atoms with E-state index in [0.29, 0.717) is 22.7 Å². The average Bonchev–Trinajstić information content (AvgIpc) is 3.37. The molecule has 1 aromatic carbocycles. The number of oxazole rings is 1. The van der Waals surface area contributed by atoms with Crippen LogP contribution in [0.1, 0.15) is 29.4 Å². The summed E-state index contributed by atoms with van der Waals surface area (Å²) < 4.78 is 11.5. The number of hydrogen-bond donors (Lipinski definition) is 1. The third-order valence-corrected chi connectivity index (χ3v) is 4.74. The Morgan fingerprint density at radius 1 is 1.30 bits per heavy atom. The lowest BCUT2D eigenvalue weighted by molar-refractivity contribution is 0.0906. The highest BCUT2D eigenvalue weighted by molar-refractivity contribution is 6.31. The second-order valence-electron chi connectivity index (χ2n) is 6.39. The topological polar surface area (TPSA) is 106 Å². The van der Waals surface area contributed by atoms with Gasteiger partial charge in [-0.05, 0) is 44.1 Å². The maximum atomic E-state index is 12.1. The van der Waals surface area contributed by atoms with Crippen molar-refractivity contribution in [1.29, 1.82) is 0 Å². The molecule has 3 heterocycles. The van der Waals surface area contributed by atoms with Crippen LogP contribution in [0.4, 0.5) is 0 Å². The van der Waals surface area contributed by atoms with Crippen molar-refractivity contribution < 1.29 is 13.7 Å². The van der Waals surface area contributed by atoms with Crippen molar-refractivity contribution >= 4 is 28.6 Å². The summed E-state index contributed by atoms with van der Waals surface area (Å²) in [5.41, 5.74) is 0.932. The quantitative estimate of drug-likeness (QED) is 0.678. The summed E-state index contributed by atoms with van der Waals surface area (Å²) in [6.07, 6.45) is 2.41. The predicted octanol–water partition coefficient (Wildman–Crippen LogP) is 1.50. The molecule has 0 atom stereocenters. The lowest BCUT2D eigenvalue weighted by Gasteiger charge is -2.13. The van der Waals surface area contributed by atoms with Gasteiger partial charge < -0.3 is 19.2 Å². The Balaban J connectivity index is 1.42. The van der Waals surface area contributed by atoms with Crippen LogP contribution in [0.5, 0.6) is 0 Å². The van der Waals surface area contributed by atoms with E-state index in [9.17, 15) is 9.59 Å². The van der Waals surface area contributed by atoms with Gasteiger partial charge in [-0.3, -0.25) is 9.36 Å². The number of hydrogen-bond acceptors (Lipinski definition) is 7. The summed E-state index contributed by atoms with van der Waals surface area (Å²) in [6, 6.07) is 4.87. The summed E-state index contributed by atoms with van der Waals surface area (Å²) >= 11 is 5.98. The van der Waals surface area contributed by atoms with Crippen molar-refractivity contribution in [2.75, 3.05) is 26.2 Å². The van der Waals surface area contributed by atoms with Crippen LogP contribution in [0.2, 0.25) is 5.02 Å². The number of fused-ring (bicyclic) bond motifs is 1. The molecule has 1 aliphatic heterocycles. The molecule has 1 fully saturated rings. The minimum Gasteiger partial charge on any atom is -0.408 e. The van der Waals surface area contributed by atoms with Gasteiger partial charge in [-0.15, -0.1) is 0 Å². The first-order valence-corrected chi connectivity index (χ1v) is 9.10. The molecule has 0 spiro atoms. The largest absolute Gasteiger partial charge is 0.420 e. The number of nitrogens with zero attached hydrogens (tertiary/aromatic N) is 4. The Morgan fingerprint density at radius 3 is 2.93 bits per heavy atom. The average molecular weight is 392 g/mol. The van der Waals surface area contributed by atoms with Gasteiger partial charge >= 0.3 is 17.6 Å². The number of amides is 1. The second kappa shape index (κ2) is 7.53. The van der Waals surface area contributed by atoms with E-state index in [-0.39, 0.29) is 18.3 Å². The zero-order valence-corrected chi connectivity index (χ0v) is 15.2. The molecule has 0 unspecified atom stereocenters. The highest BCUT2D eigenvalue weighted by Crippen LogP contribution is 2.19. The van der Waals surface area contributed by atoms with Crippen LogP contribution in [0.3, 0.4) is 0 Å². The van der Waals surface area contributed by atoms with Crippen molar-refractivity contribution in [3.63, 3.8) is 0 Å². The van der Waals surface area contributed by atoms with Gasteiger partial charge in [0.2, 0.25) is 0 Å². The van der Waals surface area contributed by atoms with E-state index in [1.54, 1.807) is 18.2 Å². The van der Waals surface area contributed by atoms with Crippen LogP contribution in [0.15, 0.2) is 31.9 Å². The molecule has 1 saturated heterocycles. The molecule has 2 aromatic heterocycles. The Morgan fingerprint density at radius 2 is 2.11 bits per heavy atom. The number of likely N-dealkylation sites (tertiary alicyclic amines) is 1. The fourth-order valence-corrected chi connectivity index (χ4v) is 3.31. The van der Waals surface area contributed by atoms with Gasteiger partial charge in [-0.1, -0.05) is 16.8 Å². The Kier molecular flexibility index (Phi) is 4.95. The van der Waals surface area contributed by atoms with Crippen LogP contribution in [-0.4, -0.2) is 51.7 Å². The number of benzene rings is 1. The second-order valence-corrected chi connectivity index (χ2v) is 6.82. The highest BCUT2D eigenvalue weighted by Gasteiger charge is 2.18. The SMILES string of the molecule is O=C(NCCN1CCCC1)c1nc(Cn2c(=O)oc3ccc(Cl)cc32)no1. The molecule has 1 amide bonds. The van der Waals surface area contributed by atoms with Crippen molar-refractivity contribution in [2.45, 2.75) is 19.4 Å². The van der Waals surface area contributed by atoms with E-state index < -0.39 is 11.7 Å². The predicted molar refractivity (Wildman–Crippen MR) is 96.9 cm³/mol. The standard InChI is InChI=1S/C17H18ClN5O4/c18-11-3-4-13-12(9-11)23(17(25)26-13)10-14-20-16(27-21-14)15(24)19-5-8-22-6-1-2-7-22/h3-4,9H,1-2,5-8,10H2,(H,19,24). The Hall–Kier alpha value is -2.65. The van der Waals surface area contributed by atoms with Gasteiger partial charge in [0.25, 0.3) is 0 Å². The number of aromatic nitrogens is 3. The van der Waals surface area contributed by atoms with Crippen LogP contribution < -0.4 is 11.1 Å². The monoisotopic (exact) mass is 391 g/mol. The lowest BCUT2D eigenvalue weighted by Crippen LogP contribution is -2.33. The number of halogens is 1. The molecule has 9 nitrogen and oxygen atoms in total. The minimum atomic E-state index is -0.561. The maximum absolute atomic E-state index is 12.1. The molecule has 3 aromatic rings. The Bertz CT molecular complexity index is 1020. The summed E-state index contributed by atoms with van der Waals surface area (Å²) in [7, 11) is 0. The van der Waals surface area contributed by atoms with E-state index in [2.05, 4.69) is 20.4 Å². The summed E-state index contributed by atoms with van der Waals surface area (Å²) in [4.78, 5) is 30.5. The van der Waals surface area contributed by atoms with E-state index in [1.807, 2.05) is 0 Å². The first-order valence-electron chi connectivity index (χ1n) is 8.72. The Labute approximate surface area is 158 Å². The molecule has 4 rings (SSSR count). The zero-order chi connectivity index (χ0) is 18.8. The molecule has 142 valence electrons. The highest BCUT2D eigenvalue weighted by atomic mass is 35.5. The van der Waals surface area contributed by atoms with Crippen molar-refractivity contribution in [2.24, 2.45) is 0 Å². The lowest BCUT2D eigenvalue weighted by atomic mass is 10.3. The molecule has 27 heavy (non-hydrogen) atoms. The molecule has 1 aliphatic rings. The van der Waals surface area contributed by atoms with E-state index in [1.165, 1.54) is 17.4 Å². The van der Waals surface area contributed by atoms with Crippen LogP contribution in [-0.2, 0) is 6.54 Å². The molecule has 1 N–H and O–H groups in total. The van der Waals surface area contributed by atoms with E-state index in [4.69, 9.17) is 20.5 Å². The molecular formula is C17H18ClN5O4. The summed E-state index contributed by atoms with van der Waals surface area (Å²) in [5.74, 6) is -0.927. The minimum absolute atomic E-state index is 0.0106. The van der Waals surface area contributed by atoms with Gasteiger partial charge in [0.05, 0.1) is 12.1 Å². The first-order chi connectivity index (χ1) is 13.1. The normalized spacial score (nSPS) is 14.9. The van der Waals surface area contributed by atoms with Crippen molar-refractivity contribution in [1.82, 2.24) is 24.9 Å². The van der Waals surface area contributed by atoms with E-state index in [0.717, 1.165) is 19.6 Å². The number of rotatable bonds is 6.